The SMILES string of the molecule is CC(C)C(C)OCc1ccnc(C(N)=S)c1. The van der Waals surface area contributed by atoms with E-state index in [0.717, 1.165) is 5.56 Å². The summed E-state index contributed by atoms with van der Waals surface area (Å²) in [5.41, 5.74) is 7.21. The highest BCUT2D eigenvalue weighted by Crippen LogP contribution is 2.10. The summed E-state index contributed by atoms with van der Waals surface area (Å²) in [7, 11) is 0. The standard InChI is InChI=1S/C12H18N2OS/c1-8(2)9(3)15-7-10-4-5-14-11(6-10)12(13)16/h4-6,8-9H,7H2,1-3H3,(H2,13,16). The maximum atomic E-state index is 5.71. The van der Waals surface area contributed by atoms with Crippen molar-refractivity contribution in [2.45, 2.75) is 33.5 Å². The first kappa shape index (κ1) is 13.1. The predicted octanol–water partition coefficient (Wildman–Crippen LogP) is 2.28. The van der Waals surface area contributed by atoms with Gasteiger partial charge in [-0.05, 0) is 30.5 Å². The van der Waals surface area contributed by atoms with E-state index >= 15 is 0 Å². The molecule has 1 rings (SSSR count). The van der Waals surface area contributed by atoms with E-state index < -0.39 is 0 Å². The molecule has 0 radical (unpaired) electrons. The molecular weight excluding hydrogens is 220 g/mol. The minimum atomic E-state index is 0.237. The molecule has 1 atom stereocenters. The van der Waals surface area contributed by atoms with Gasteiger partial charge in [-0.1, -0.05) is 26.1 Å². The maximum absolute atomic E-state index is 5.71. The molecule has 88 valence electrons. The molecule has 1 aromatic rings. The summed E-state index contributed by atoms with van der Waals surface area (Å²) >= 11 is 4.87. The molecule has 0 bridgehead atoms. The van der Waals surface area contributed by atoms with Crippen LogP contribution in [0.3, 0.4) is 0 Å². The molecule has 0 saturated carbocycles. The van der Waals surface area contributed by atoms with E-state index in [2.05, 4.69) is 25.8 Å². The van der Waals surface area contributed by atoms with Crippen LogP contribution in [0.1, 0.15) is 32.0 Å². The van der Waals surface area contributed by atoms with Crippen molar-refractivity contribution in [3.05, 3.63) is 29.6 Å². The summed E-state index contributed by atoms with van der Waals surface area (Å²) in [5, 5.41) is 0. The summed E-state index contributed by atoms with van der Waals surface area (Å²) in [6.45, 7) is 6.91. The van der Waals surface area contributed by atoms with Crippen molar-refractivity contribution in [3.8, 4) is 0 Å². The molecule has 1 heterocycles. The van der Waals surface area contributed by atoms with Gasteiger partial charge in [-0.2, -0.15) is 0 Å². The first-order valence-corrected chi connectivity index (χ1v) is 5.78. The van der Waals surface area contributed by atoms with E-state index in [0.29, 0.717) is 23.2 Å². The van der Waals surface area contributed by atoms with E-state index in [1.807, 2.05) is 12.1 Å². The molecular formula is C12H18N2OS. The first-order chi connectivity index (χ1) is 7.50. The van der Waals surface area contributed by atoms with Crippen LogP contribution in [0.4, 0.5) is 0 Å². The number of rotatable bonds is 5. The van der Waals surface area contributed by atoms with Crippen molar-refractivity contribution in [1.29, 1.82) is 0 Å². The highest BCUT2D eigenvalue weighted by Gasteiger charge is 2.07. The van der Waals surface area contributed by atoms with Crippen LogP contribution in [0.5, 0.6) is 0 Å². The number of nitrogens with zero attached hydrogens (tertiary/aromatic N) is 1. The quantitative estimate of drug-likeness (QED) is 0.799. The average Bonchev–Trinajstić information content (AvgIpc) is 2.26. The Balaban J connectivity index is 2.61. The number of nitrogens with two attached hydrogens (primary N) is 1. The van der Waals surface area contributed by atoms with Gasteiger partial charge in [0.05, 0.1) is 18.4 Å². The van der Waals surface area contributed by atoms with Crippen LogP contribution >= 0.6 is 12.2 Å². The highest BCUT2D eigenvalue weighted by molar-refractivity contribution is 7.80. The number of thiocarbonyl (C=S) groups is 1. The molecule has 0 saturated heterocycles. The topological polar surface area (TPSA) is 48.1 Å². The lowest BCUT2D eigenvalue weighted by molar-refractivity contribution is 0.0235. The normalized spacial score (nSPS) is 12.8. The van der Waals surface area contributed by atoms with E-state index in [4.69, 9.17) is 22.7 Å². The van der Waals surface area contributed by atoms with E-state index in [1.54, 1.807) is 6.20 Å². The fourth-order valence-electron chi connectivity index (χ4n) is 1.12. The Labute approximate surface area is 102 Å². The molecule has 16 heavy (non-hydrogen) atoms. The second-order valence-electron chi connectivity index (χ2n) is 4.17. The Bertz CT molecular complexity index is 366. The zero-order chi connectivity index (χ0) is 12.1. The minimum absolute atomic E-state index is 0.237. The Morgan fingerprint density at radius 2 is 2.19 bits per heavy atom. The summed E-state index contributed by atoms with van der Waals surface area (Å²) in [4.78, 5) is 4.40. The Morgan fingerprint density at radius 1 is 1.50 bits per heavy atom. The molecule has 0 aliphatic heterocycles. The van der Waals surface area contributed by atoms with Gasteiger partial charge in [0.2, 0.25) is 0 Å². The van der Waals surface area contributed by atoms with Crippen LogP contribution in [0.15, 0.2) is 18.3 Å². The van der Waals surface area contributed by atoms with Crippen molar-refractivity contribution in [2.24, 2.45) is 11.7 Å². The van der Waals surface area contributed by atoms with Gasteiger partial charge in [-0.3, -0.25) is 4.98 Å². The maximum Gasteiger partial charge on any atom is 0.122 e. The van der Waals surface area contributed by atoms with Crippen LogP contribution in [-0.2, 0) is 11.3 Å². The number of pyridine rings is 1. The van der Waals surface area contributed by atoms with Crippen molar-refractivity contribution in [2.75, 3.05) is 0 Å². The van der Waals surface area contributed by atoms with Crippen LogP contribution in [0, 0.1) is 5.92 Å². The molecule has 0 spiro atoms. The summed E-state index contributed by atoms with van der Waals surface area (Å²) in [5.74, 6) is 0.511. The molecule has 0 aromatic carbocycles. The molecule has 1 unspecified atom stereocenters. The van der Waals surface area contributed by atoms with Gasteiger partial charge in [0.15, 0.2) is 0 Å². The molecule has 0 aliphatic carbocycles. The van der Waals surface area contributed by atoms with Crippen molar-refractivity contribution < 1.29 is 4.74 Å². The Morgan fingerprint density at radius 3 is 2.75 bits per heavy atom. The lowest BCUT2D eigenvalue weighted by Crippen LogP contribution is -2.16. The number of aromatic nitrogens is 1. The Kier molecular flexibility index (Phi) is 4.83. The molecule has 0 aliphatic rings. The second-order valence-corrected chi connectivity index (χ2v) is 4.61. The van der Waals surface area contributed by atoms with Gasteiger partial charge in [0.1, 0.15) is 4.99 Å². The van der Waals surface area contributed by atoms with Crippen LogP contribution < -0.4 is 5.73 Å². The van der Waals surface area contributed by atoms with Gasteiger partial charge in [-0.25, -0.2) is 0 Å². The van der Waals surface area contributed by atoms with Crippen LogP contribution in [-0.4, -0.2) is 16.1 Å². The Hall–Kier alpha value is -1.00. The van der Waals surface area contributed by atoms with Crippen molar-refractivity contribution in [1.82, 2.24) is 4.98 Å². The van der Waals surface area contributed by atoms with Gasteiger partial charge < -0.3 is 10.5 Å². The second kappa shape index (κ2) is 5.92. The fraction of sp³-hybridized carbons (Fsp3) is 0.500. The summed E-state index contributed by atoms with van der Waals surface area (Å²) < 4.78 is 5.71. The van der Waals surface area contributed by atoms with E-state index in [-0.39, 0.29) is 6.10 Å². The van der Waals surface area contributed by atoms with Crippen LogP contribution in [0.2, 0.25) is 0 Å². The summed E-state index contributed by atoms with van der Waals surface area (Å²) in [6.07, 6.45) is 1.94. The van der Waals surface area contributed by atoms with Gasteiger partial charge in [0.25, 0.3) is 0 Å². The molecule has 2 N–H and O–H groups in total. The molecule has 0 amide bonds. The van der Waals surface area contributed by atoms with E-state index in [1.165, 1.54) is 0 Å². The minimum Gasteiger partial charge on any atom is -0.388 e. The first-order valence-electron chi connectivity index (χ1n) is 5.37. The zero-order valence-electron chi connectivity index (χ0n) is 9.93. The van der Waals surface area contributed by atoms with Gasteiger partial charge in [-0.15, -0.1) is 0 Å². The fourth-order valence-corrected chi connectivity index (χ4v) is 1.23. The molecule has 0 fully saturated rings. The monoisotopic (exact) mass is 238 g/mol. The van der Waals surface area contributed by atoms with Crippen LogP contribution in [0.25, 0.3) is 0 Å². The van der Waals surface area contributed by atoms with Gasteiger partial charge >= 0.3 is 0 Å². The number of ether oxygens (including phenoxy) is 1. The molecule has 3 nitrogen and oxygen atoms in total. The largest absolute Gasteiger partial charge is 0.388 e. The lowest BCUT2D eigenvalue weighted by Gasteiger charge is -2.16. The van der Waals surface area contributed by atoms with Crippen molar-refractivity contribution >= 4 is 17.2 Å². The van der Waals surface area contributed by atoms with E-state index in [9.17, 15) is 0 Å². The highest BCUT2D eigenvalue weighted by atomic mass is 32.1. The lowest BCUT2D eigenvalue weighted by atomic mass is 10.1. The third kappa shape index (κ3) is 3.87. The molecule has 1 aromatic heterocycles. The third-order valence-corrected chi connectivity index (χ3v) is 2.74. The van der Waals surface area contributed by atoms with Crippen molar-refractivity contribution in [3.63, 3.8) is 0 Å². The third-order valence-electron chi connectivity index (χ3n) is 2.53. The average molecular weight is 238 g/mol. The predicted molar refractivity (Wildman–Crippen MR) is 69.2 cm³/mol. The molecule has 4 heteroatoms. The number of hydrogen-bond acceptors (Lipinski definition) is 3. The van der Waals surface area contributed by atoms with Gasteiger partial charge in [0, 0.05) is 6.20 Å². The number of hydrogen-bond donors (Lipinski definition) is 1. The summed E-state index contributed by atoms with van der Waals surface area (Å²) in [6, 6.07) is 3.78. The smallest absolute Gasteiger partial charge is 0.122 e. The zero-order valence-corrected chi connectivity index (χ0v) is 10.8.